The predicted molar refractivity (Wildman–Crippen MR) is 91.9 cm³/mol. The lowest BCUT2D eigenvalue weighted by Crippen LogP contribution is -2.30. The van der Waals surface area contributed by atoms with Gasteiger partial charge in [0, 0.05) is 32.6 Å². The second-order valence-corrected chi connectivity index (χ2v) is 5.89. The van der Waals surface area contributed by atoms with E-state index < -0.39 is 0 Å². The number of aryl methyl sites for hydroxylation is 1. The van der Waals surface area contributed by atoms with Gasteiger partial charge in [-0.2, -0.15) is 0 Å². The molecule has 0 saturated heterocycles. The molecule has 0 fully saturated rings. The van der Waals surface area contributed by atoms with Crippen molar-refractivity contribution >= 4 is 22.6 Å². The van der Waals surface area contributed by atoms with Gasteiger partial charge in [0.2, 0.25) is 5.91 Å². The molecule has 1 aromatic carbocycles. The Morgan fingerprint density at radius 1 is 1.29 bits per heavy atom. The summed E-state index contributed by atoms with van der Waals surface area (Å²) in [6.45, 7) is 1.09. The number of pyridine rings is 1. The Morgan fingerprint density at radius 3 is 2.92 bits per heavy atom. The molecule has 1 aliphatic rings. The Labute approximate surface area is 139 Å². The fourth-order valence-corrected chi connectivity index (χ4v) is 3.21. The van der Waals surface area contributed by atoms with E-state index in [-0.39, 0.29) is 5.91 Å². The molecule has 6 heteroatoms. The summed E-state index contributed by atoms with van der Waals surface area (Å²) in [6.07, 6.45) is 2.18. The van der Waals surface area contributed by atoms with Gasteiger partial charge >= 0.3 is 0 Å². The van der Waals surface area contributed by atoms with Crippen molar-refractivity contribution in [1.29, 1.82) is 0 Å². The van der Waals surface area contributed by atoms with Gasteiger partial charge in [-0.15, -0.1) is 0 Å². The van der Waals surface area contributed by atoms with E-state index in [9.17, 15) is 4.79 Å². The monoisotopic (exact) mass is 322 g/mol. The van der Waals surface area contributed by atoms with Crippen molar-refractivity contribution in [1.82, 2.24) is 14.5 Å². The highest BCUT2D eigenvalue weighted by Gasteiger charge is 2.28. The number of anilines is 1. The molecule has 1 amide bonds. The summed E-state index contributed by atoms with van der Waals surface area (Å²) in [5.41, 5.74) is 4.70. The average molecular weight is 322 g/mol. The molecular formula is C18H18N4O2. The summed E-state index contributed by atoms with van der Waals surface area (Å²) in [4.78, 5) is 23.1. The molecule has 0 saturated carbocycles. The van der Waals surface area contributed by atoms with E-state index in [0.717, 1.165) is 33.8 Å². The molecule has 0 aliphatic carbocycles. The van der Waals surface area contributed by atoms with Crippen molar-refractivity contribution in [3.63, 3.8) is 0 Å². The fourth-order valence-electron chi connectivity index (χ4n) is 3.21. The molecule has 3 heterocycles. The van der Waals surface area contributed by atoms with Gasteiger partial charge in [0.05, 0.1) is 24.1 Å². The fraction of sp³-hybridized carbons (Fsp3) is 0.278. The first-order chi connectivity index (χ1) is 11.7. The van der Waals surface area contributed by atoms with Gasteiger partial charge in [0.15, 0.2) is 5.82 Å². The zero-order valence-corrected chi connectivity index (χ0v) is 13.7. The maximum atomic E-state index is 12.2. The maximum absolute atomic E-state index is 12.2. The molecule has 0 bridgehead atoms. The summed E-state index contributed by atoms with van der Waals surface area (Å²) in [7, 11) is 3.62. The molecular weight excluding hydrogens is 304 g/mol. The molecule has 0 unspecified atom stereocenters. The minimum atomic E-state index is 0.113. The zero-order valence-electron chi connectivity index (χ0n) is 13.7. The zero-order chi connectivity index (χ0) is 16.7. The summed E-state index contributed by atoms with van der Waals surface area (Å²) < 4.78 is 7.14. The number of methoxy groups -OCH3 is 1. The number of aromatic nitrogens is 3. The van der Waals surface area contributed by atoms with Crippen LogP contribution in [0.1, 0.15) is 5.56 Å². The molecule has 3 aromatic rings. The molecule has 1 aliphatic heterocycles. The number of carbonyl (C=O) groups excluding carboxylic acids is 1. The van der Waals surface area contributed by atoms with Crippen LogP contribution < -0.4 is 4.90 Å². The molecule has 0 spiro atoms. The van der Waals surface area contributed by atoms with Gasteiger partial charge in [-0.1, -0.05) is 6.07 Å². The summed E-state index contributed by atoms with van der Waals surface area (Å²) in [5, 5.41) is 0. The normalized spacial score (nSPS) is 13.8. The molecule has 122 valence electrons. The number of nitrogens with zero attached hydrogens (tertiary/aromatic N) is 4. The van der Waals surface area contributed by atoms with Crippen LogP contribution >= 0.6 is 0 Å². The second-order valence-electron chi connectivity index (χ2n) is 5.89. The Bertz CT molecular complexity index is 918. The first kappa shape index (κ1) is 14.8. The molecule has 6 nitrogen and oxygen atoms in total. The highest BCUT2D eigenvalue weighted by Crippen LogP contribution is 2.34. The standard InChI is InChI=1S/C18H18N4O2/c1-21-16-11-15-12(10-17(23)22(15)7-8-24-2)9-14(16)20-18(21)13-5-3-4-6-19-13/h3-6,9,11H,7-8,10H2,1-2H3. The lowest BCUT2D eigenvalue weighted by atomic mass is 10.1. The Morgan fingerprint density at radius 2 is 2.17 bits per heavy atom. The molecule has 4 rings (SSSR count). The van der Waals surface area contributed by atoms with Gasteiger partial charge in [-0.3, -0.25) is 9.78 Å². The van der Waals surface area contributed by atoms with E-state index in [1.165, 1.54) is 0 Å². The predicted octanol–water partition coefficient (Wildman–Crippen LogP) is 2.17. The van der Waals surface area contributed by atoms with Crippen molar-refractivity contribution in [2.45, 2.75) is 6.42 Å². The molecule has 2 aromatic heterocycles. The van der Waals surface area contributed by atoms with Crippen molar-refractivity contribution in [2.75, 3.05) is 25.2 Å². The largest absolute Gasteiger partial charge is 0.383 e. The van der Waals surface area contributed by atoms with Crippen LogP contribution in [0, 0.1) is 0 Å². The van der Waals surface area contributed by atoms with Crippen molar-refractivity contribution in [2.24, 2.45) is 7.05 Å². The van der Waals surface area contributed by atoms with E-state index >= 15 is 0 Å². The number of benzene rings is 1. The van der Waals surface area contributed by atoms with Crippen LogP contribution in [0.15, 0.2) is 36.5 Å². The second kappa shape index (κ2) is 5.72. The van der Waals surface area contributed by atoms with Gasteiger partial charge in [-0.25, -0.2) is 4.98 Å². The van der Waals surface area contributed by atoms with Crippen molar-refractivity contribution in [3.05, 3.63) is 42.1 Å². The molecule has 0 atom stereocenters. The minimum absolute atomic E-state index is 0.113. The number of carbonyl (C=O) groups is 1. The molecule has 0 radical (unpaired) electrons. The smallest absolute Gasteiger partial charge is 0.231 e. The highest BCUT2D eigenvalue weighted by atomic mass is 16.5. The van der Waals surface area contributed by atoms with Crippen LogP contribution in [0.25, 0.3) is 22.6 Å². The molecule has 24 heavy (non-hydrogen) atoms. The molecule has 0 N–H and O–H groups in total. The van der Waals surface area contributed by atoms with Crippen LogP contribution in [-0.2, 0) is 23.0 Å². The van der Waals surface area contributed by atoms with E-state index in [1.807, 2.05) is 41.9 Å². The summed E-state index contributed by atoms with van der Waals surface area (Å²) in [6, 6.07) is 9.85. The van der Waals surface area contributed by atoms with Crippen molar-refractivity contribution in [3.8, 4) is 11.5 Å². The third kappa shape index (κ3) is 2.27. The van der Waals surface area contributed by atoms with Crippen LogP contribution in [0.3, 0.4) is 0 Å². The third-order valence-electron chi connectivity index (χ3n) is 4.43. The quantitative estimate of drug-likeness (QED) is 0.738. The van der Waals surface area contributed by atoms with E-state index in [4.69, 9.17) is 9.72 Å². The Balaban J connectivity index is 1.83. The van der Waals surface area contributed by atoms with Crippen molar-refractivity contribution < 1.29 is 9.53 Å². The highest BCUT2D eigenvalue weighted by molar-refractivity contribution is 6.04. The Kier molecular flexibility index (Phi) is 3.54. The number of ether oxygens (including phenoxy) is 1. The number of imidazole rings is 1. The SMILES string of the molecule is COCCN1C(=O)Cc2cc3nc(-c4ccccn4)n(C)c3cc21. The lowest BCUT2D eigenvalue weighted by Gasteiger charge is -2.17. The minimum Gasteiger partial charge on any atom is -0.383 e. The first-order valence-corrected chi connectivity index (χ1v) is 7.89. The van der Waals surface area contributed by atoms with Crippen LogP contribution in [0.5, 0.6) is 0 Å². The topological polar surface area (TPSA) is 60.2 Å². The van der Waals surface area contributed by atoms with E-state index in [2.05, 4.69) is 4.98 Å². The number of fused-ring (bicyclic) bond motifs is 2. The first-order valence-electron chi connectivity index (χ1n) is 7.89. The number of hydrogen-bond acceptors (Lipinski definition) is 4. The summed E-state index contributed by atoms with van der Waals surface area (Å²) in [5.74, 6) is 0.936. The van der Waals surface area contributed by atoms with Gasteiger partial charge in [-0.05, 0) is 29.8 Å². The van der Waals surface area contributed by atoms with Gasteiger partial charge in [0.25, 0.3) is 0 Å². The number of amides is 1. The Hall–Kier alpha value is -2.73. The third-order valence-corrected chi connectivity index (χ3v) is 4.43. The van der Waals surface area contributed by atoms with E-state index in [1.54, 1.807) is 18.2 Å². The number of rotatable bonds is 4. The average Bonchev–Trinajstić information content (AvgIpc) is 3.08. The van der Waals surface area contributed by atoms with Crippen LogP contribution in [0.2, 0.25) is 0 Å². The maximum Gasteiger partial charge on any atom is 0.231 e. The van der Waals surface area contributed by atoms with Crippen LogP contribution in [-0.4, -0.2) is 40.7 Å². The van der Waals surface area contributed by atoms with Gasteiger partial charge < -0.3 is 14.2 Å². The lowest BCUT2D eigenvalue weighted by molar-refractivity contribution is -0.117. The number of hydrogen-bond donors (Lipinski definition) is 0. The van der Waals surface area contributed by atoms with Gasteiger partial charge in [0.1, 0.15) is 5.69 Å². The van der Waals surface area contributed by atoms with Crippen LogP contribution in [0.4, 0.5) is 5.69 Å². The van der Waals surface area contributed by atoms with E-state index in [0.29, 0.717) is 19.6 Å². The summed E-state index contributed by atoms with van der Waals surface area (Å²) >= 11 is 0.